The van der Waals surface area contributed by atoms with E-state index >= 15 is 0 Å². The number of hydrogen-bond donors (Lipinski definition) is 1. The fourth-order valence-corrected chi connectivity index (χ4v) is 5.23. The van der Waals surface area contributed by atoms with Crippen LogP contribution >= 0.6 is 11.6 Å². The molecule has 2 fully saturated rings. The van der Waals surface area contributed by atoms with Gasteiger partial charge >= 0.3 is 5.97 Å². The molecule has 168 valence electrons. The second kappa shape index (κ2) is 9.72. The molecule has 7 heteroatoms. The van der Waals surface area contributed by atoms with Crippen LogP contribution in [0, 0.1) is 6.92 Å². The summed E-state index contributed by atoms with van der Waals surface area (Å²) in [6.07, 6.45) is 5.17. The molecule has 0 bridgehead atoms. The predicted octanol–water partition coefficient (Wildman–Crippen LogP) is 4.19. The van der Waals surface area contributed by atoms with Gasteiger partial charge < -0.3 is 9.84 Å². The van der Waals surface area contributed by atoms with Crippen LogP contribution in [0.1, 0.15) is 55.0 Å². The number of morpholine rings is 1. The van der Waals surface area contributed by atoms with E-state index in [1.165, 1.54) is 17.0 Å². The van der Waals surface area contributed by atoms with Crippen molar-refractivity contribution < 1.29 is 14.6 Å². The molecule has 31 heavy (non-hydrogen) atoms. The van der Waals surface area contributed by atoms with E-state index in [1.807, 2.05) is 23.9 Å². The summed E-state index contributed by atoms with van der Waals surface area (Å²) in [5, 5.41) is 14.7. The van der Waals surface area contributed by atoms with Crippen LogP contribution in [0.4, 0.5) is 0 Å². The Morgan fingerprint density at radius 1 is 1.23 bits per heavy atom. The molecule has 1 saturated carbocycles. The van der Waals surface area contributed by atoms with Gasteiger partial charge in [0.05, 0.1) is 24.8 Å². The molecule has 2 unspecified atom stereocenters. The summed E-state index contributed by atoms with van der Waals surface area (Å²) in [5.74, 6) is -0.281. The minimum atomic E-state index is -0.796. The van der Waals surface area contributed by atoms with Gasteiger partial charge in [-0.3, -0.25) is 14.4 Å². The summed E-state index contributed by atoms with van der Waals surface area (Å²) < 4.78 is 7.92. The summed E-state index contributed by atoms with van der Waals surface area (Å²) >= 11 is 6.05. The molecule has 1 N–H and O–H groups in total. The molecule has 0 spiro atoms. The third-order valence-electron chi connectivity index (χ3n) is 6.91. The molecule has 1 saturated heterocycles. The first-order valence-corrected chi connectivity index (χ1v) is 11.6. The number of hydrogen-bond acceptors (Lipinski definition) is 4. The van der Waals surface area contributed by atoms with Gasteiger partial charge in [-0.15, -0.1) is 0 Å². The van der Waals surface area contributed by atoms with E-state index in [0.29, 0.717) is 25.1 Å². The normalized spacial score (nSPS) is 27.3. The fourth-order valence-electron chi connectivity index (χ4n) is 5.11. The summed E-state index contributed by atoms with van der Waals surface area (Å²) in [7, 11) is 2.00. The SMILES string of the molecule is Cc1cc(C2CCC(N3CC(CC(=O)O)OCC3Cc3ccc(Cl)cc3)CC2)nn1C. The maximum atomic E-state index is 11.3. The van der Waals surface area contributed by atoms with Crippen LogP contribution in [0.15, 0.2) is 30.3 Å². The topological polar surface area (TPSA) is 67.6 Å². The van der Waals surface area contributed by atoms with Crippen molar-refractivity contribution >= 4 is 17.6 Å². The maximum absolute atomic E-state index is 11.3. The first-order chi connectivity index (χ1) is 14.9. The number of nitrogens with zero attached hydrogens (tertiary/aromatic N) is 3. The summed E-state index contributed by atoms with van der Waals surface area (Å²) in [6.45, 7) is 3.35. The Balaban J connectivity index is 1.44. The average Bonchev–Trinajstić information content (AvgIpc) is 3.09. The summed E-state index contributed by atoms with van der Waals surface area (Å²) in [4.78, 5) is 13.8. The van der Waals surface area contributed by atoms with Crippen LogP contribution in [0.25, 0.3) is 0 Å². The highest BCUT2D eigenvalue weighted by molar-refractivity contribution is 6.30. The number of rotatable bonds is 6. The minimum absolute atomic E-state index is 0.0622. The molecule has 4 rings (SSSR count). The quantitative estimate of drug-likeness (QED) is 0.721. The second-order valence-electron chi connectivity index (χ2n) is 9.07. The molecule has 1 aliphatic heterocycles. The van der Waals surface area contributed by atoms with Crippen molar-refractivity contribution in [3.63, 3.8) is 0 Å². The third kappa shape index (κ3) is 5.48. The lowest BCUT2D eigenvalue weighted by Gasteiger charge is -2.46. The molecule has 2 aromatic rings. The lowest BCUT2D eigenvalue weighted by Crippen LogP contribution is -2.55. The van der Waals surface area contributed by atoms with E-state index in [2.05, 4.69) is 30.0 Å². The zero-order valence-corrected chi connectivity index (χ0v) is 19.1. The number of halogens is 1. The van der Waals surface area contributed by atoms with Crippen molar-refractivity contribution in [1.29, 1.82) is 0 Å². The van der Waals surface area contributed by atoms with Gasteiger partial charge in [-0.25, -0.2) is 0 Å². The van der Waals surface area contributed by atoms with Gasteiger partial charge in [-0.05, 0) is 62.8 Å². The highest BCUT2D eigenvalue weighted by atomic mass is 35.5. The first kappa shape index (κ1) is 22.3. The van der Waals surface area contributed by atoms with E-state index in [9.17, 15) is 9.90 Å². The Morgan fingerprint density at radius 2 is 1.94 bits per heavy atom. The van der Waals surface area contributed by atoms with Gasteiger partial charge in [0.15, 0.2) is 0 Å². The van der Waals surface area contributed by atoms with Crippen molar-refractivity contribution in [2.75, 3.05) is 13.2 Å². The molecule has 2 atom stereocenters. The Morgan fingerprint density at radius 3 is 2.55 bits per heavy atom. The van der Waals surface area contributed by atoms with Gasteiger partial charge in [0.25, 0.3) is 0 Å². The van der Waals surface area contributed by atoms with Gasteiger partial charge in [-0.2, -0.15) is 5.10 Å². The van der Waals surface area contributed by atoms with Crippen molar-refractivity contribution in [2.24, 2.45) is 7.05 Å². The number of aliphatic carboxylic acids is 1. The Bertz CT molecular complexity index is 870. The van der Waals surface area contributed by atoms with Gasteiger partial charge in [-0.1, -0.05) is 23.7 Å². The molecule has 2 aliphatic rings. The Hall–Kier alpha value is -1.89. The summed E-state index contributed by atoms with van der Waals surface area (Å²) in [6, 6.07) is 10.9. The van der Waals surface area contributed by atoms with E-state index in [1.54, 1.807) is 0 Å². The van der Waals surface area contributed by atoms with Gasteiger partial charge in [0.1, 0.15) is 0 Å². The lowest BCUT2D eigenvalue weighted by atomic mass is 9.82. The molecular weight excluding hydrogens is 414 g/mol. The first-order valence-electron chi connectivity index (χ1n) is 11.2. The average molecular weight is 446 g/mol. The molecule has 1 aliphatic carbocycles. The smallest absolute Gasteiger partial charge is 0.306 e. The van der Waals surface area contributed by atoms with Crippen LogP contribution in [0.2, 0.25) is 5.02 Å². The maximum Gasteiger partial charge on any atom is 0.306 e. The number of ether oxygens (including phenoxy) is 1. The molecule has 1 aromatic heterocycles. The number of aromatic nitrogens is 2. The standard InChI is InChI=1S/C24H32ClN3O3/c1-16-11-23(26-27(16)2)18-5-9-20(10-6-18)28-14-22(13-24(29)30)31-15-21(28)12-17-3-7-19(25)8-4-17/h3-4,7-8,11,18,20-22H,5-6,9-10,12-15H2,1-2H3,(H,29,30). The molecule has 2 heterocycles. The Labute approximate surface area is 189 Å². The zero-order valence-electron chi connectivity index (χ0n) is 18.3. The second-order valence-corrected chi connectivity index (χ2v) is 9.51. The van der Waals surface area contributed by atoms with Crippen molar-refractivity contribution in [2.45, 2.75) is 69.6 Å². The highest BCUT2D eigenvalue weighted by Gasteiger charge is 2.36. The molecular formula is C24H32ClN3O3. The van der Waals surface area contributed by atoms with E-state index in [4.69, 9.17) is 21.4 Å². The highest BCUT2D eigenvalue weighted by Crippen LogP contribution is 2.36. The fraction of sp³-hybridized carbons (Fsp3) is 0.583. The monoisotopic (exact) mass is 445 g/mol. The van der Waals surface area contributed by atoms with Crippen molar-refractivity contribution in [1.82, 2.24) is 14.7 Å². The third-order valence-corrected chi connectivity index (χ3v) is 7.16. The summed E-state index contributed by atoms with van der Waals surface area (Å²) in [5.41, 5.74) is 3.64. The van der Waals surface area contributed by atoms with Crippen LogP contribution in [-0.2, 0) is 23.0 Å². The predicted molar refractivity (Wildman–Crippen MR) is 121 cm³/mol. The van der Waals surface area contributed by atoms with Gasteiger partial charge in [0.2, 0.25) is 0 Å². The van der Waals surface area contributed by atoms with Crippen LogP contribution in [-0.4, -0.2) is 57.1 Å². The number of carboxylic acids is 1. The molecule has 0 radical (unpaired) electrons. The lowest BCUT2D eigenvalue weighted by molar-refractivity contribution is -0.145. The number of aryl methyl sites for hydroxylation is 2. The van der Waals surface area contributed by atoms with E-state index in [-0.39, 0.29) is 18.6 Å². The van der Waals surface area contributed by atoms with Crippen LogP contribution in [0.3, 0.4) is 0 Å². The number of carboxylic acid groups (broad SMARTS) is 1. The van der Waals surface area contributed by atoms with Crippen molar-refractivity contribution in [3.8, 4) is 0 Å². The van der Waals surface area contributed by atoms with E-state index in [0.717, 1.165) is 37.1 Å². The van der Waals surface area contributed by atoms with Crippen molar-refractivity contribution in [3.05, 3.63) is 52.3 Å². The van der Waals surface area contributed by atoms with Gasteiger partial charge in [0, 0.05) is 42.3 Å². The van der Waals surface area contributed by atoms with Crippen LogP contribution in [0.5, 0.6) is 0 Å². The Kier molecular flexibility index (Phi) is 6.99. The molecule has 0 amide bonds. The molecule has 6 nitrogen and oxygen atoms in total. The number of benzene rings is 1. The number of carbonyl (C=O) groups is 1. The zero-order chi connectivity index (χ0) is 22.0. The van der Waals surface area contributed by atoms with Crippen LogP contribution < -0.4 is 0 Å². The van der Waals surface area contributed by atoms with E-state index < -0.39 is 5.97 Å². The molecule has 1 aromatic carbocycles. The largest absolute Gasteiger partial charge is 0.481 e. The minimum Gasteiger partial charge on any atom is -0.481 e.